The van der Waals surface area contributed by atoms with Crippen molar-refractivity contribution in [3.63, 3.8) is 0 Å². The number of amides is 1. The van der Waals surface area contributed by atoms with Gasteiger partial charge in [-0.15, -0.1) is 0 Å². The number of aliphatic hydroxyl groups is 1. The number of alkyl halides is 3. The van der Waals surface area contributed by atoms with Crippen molar-refractivity contribution in [3.05, 3.63) is 36.2 Å². The van der Waals surface area contributed by atoms with Gasteiger partial charge in [0.1, 0.15) is 22.6 Å². The number of aromatic nitrogens is 3. The van der Waals surface area contributed by atoms with Crippen molar-refractivity contribution in [2.75, 3.05) is 29.6 Å². The Hall–Kier alpha value is -3.71. The van der Waals surface area contributed by atoms with Crippen LogP contribution in [0.2, 0.25) is 0 Å². The van der Waals surface area contributed by atoms with Crippen LogP contribution in [0.1, 0.15) is 31.2 Å². The zero-order chi connectivity index (χ0) is 25.8. The van der Waals surface area contributed by atoms with Gasteiger partial charge in [0.15, 0.2) is 0 Å². The summed E-state index contributed by atoms with van der Waals surface area (Å²) in [5.41, 5.74) is 11.2. The van der Waals surface area contributed by atoms with Crippen molar-refractivity contribution in [2.24, 2.45) is 5.84 Å². The predicted octanol–water partition coefficient (Wildman–Crippen LogP) is 2.07. The van der Waals surface area contributed by atoms with E-state index in [9.17, 15) is 23.1 Å². The minimum Gasteiger partial charge on any atom is -0.396 e. The molecule has 0 aromatic carbocycles. The molecule has 0 bridgehead atoms. The number of fused-ring (bicyclic) bond motifs is 1. The molecule has 0 unspecified atom stereocenters. The lowest BCUT2D eigenvalue weighted by molar-refractivity contribution is -0.143. The van der Waals surface area contributed by atoms with Crippen molar-refractivity contribution >= 4 is 34.1 Å². The highest BCUT2D eigenvalue weighted by Crippen LogP contribution is 2.39. The quantitative estimate of drug-likeness (QED) is 0.309. The van der Waals surface area contributed by atoms with E-state index in [-0.39, 0.29) is 28.9 Å². The number of halogens is 3. The topological polar surface area (TPSA) is 161 Å². The molecule has 7 N–H and O–H groups in total. The third kappa shape index (κ3) is 4.24. The summed E-state index contributed by atoms with van der Waals surface area (Å²) < 4.78 is 40.0. The Labute approximate surface area is 203 Å². The fraction of sp³-hybridized carbons (Fsp3) is 0.391. The number of likely N-dealkylation sites (tertiary alicyclic amines) is 1. The minimum absolute atomic E-state index is 0.125. The highest BCUT2D eigenvalue weighted by molar-refractivity contribution is 5.95. The summed E-state index contributed by atoms with van der Waals surface area (Å²) in [5, 5.41) is 11.6. The predicted molar refractivity (Wildman–Crippen MR) is 127 cm³/mol. The van der Waals surface area contributed by atoms with Gasteiger partial charge in [0.25, 0.3) is 5.91 Å². The molecule has 3 aromatic heterocycles. The van der Waals surface area contributed by atoms with Gasteiger partial charge in [-0.1, -0.05) is 0 Å². The van der Waals surface area contributed by atoms with Gasteiger partial charge in [0.2, 0.25) is 0 Å². The summed E-state index contributed by atoms with van der Waals surface area (Å²) in [6.07, 6.45) is 0.0505. The number of hydrazine groups is 1. The minimum atomic E-state index is -4.67. The van der Waals surface area contributed by atoms with E-state index in [0.29, 0.717) is 55.5 Å². The number of nitrogen functional groups attached to an aromatic ring is 2. The van der Waals surface area contributed by atoms with Gasteiger partial charge < -0.3 is 26.5 Å². The molecule has 2 fully saturated rings. The Morgan fingerprint density at radius 3 is 2.47 bits per heavy atom. The van der Waals surface area contributed by atoms with Crippen LogP contribution in [0.15, 0.2) is 30.6 Å². The van der Waals surface area contributed by atoms with Gasteiger partial charge in [0.05, 0.1) is 28.7 Å². The van der Waals surface area contributed by atoms with Crippen molar-refractivity contribution in [1.29, 1.82) is 0 Å². The molecule has 1 saturated carbocycles. The van der Waals surface area contributed by atoms with Gasteiger partial charge >= 0.3 is 6.18 Å². The summed E-state index contributed by atoms with van der Waals surface area (Å²) >= 11 is 0. The number of carbonyl (C=O) groups is 1. The number of nitrogens with two attached hydrogens (primary N) is 3. The molecule has 0 atom stereocenters. The van der Waals surface area contributed by atoms with E-state index >= 15 is 0 Å². The first kappa shape index (κ1) is 24.0. The second kappa shape index (κ2) is 8.45. The third-order valence-corrected chi connectivity index (χ3v) is 6.76. The average Bonchev–Trinajstić information content (AvgIpc) is 3.61. The first-order chi connectivity index (χ1) is 17.0. The highest BCUT2D eigenvalue weighted by atomic mass is 19.4. The molecule has 1 aliphatic heterocycles. The molecular formula is C23H25F3N8O2. The van der Waals surface area contributed by atoms with Gasteiger partial charge in [-0.25, -0.2) is 15.8 Å². The van der Waals surface area contributed by atoms with E-state index in [2.05, 4.69) is 15.0 Å². The van der Waals surface area contributed by atoms with Crippen LogP contribution in [-0.4, -0.2) is 55.6 Å². The number of hydrogen-bond donors (Lipinski definition) is 4. The molecule has 190 valence electrons. The lowest BCUT2D eigenvalue weighted by atomic mass is 10.0. The number of pyridine rings is 3. The van der Waals surface area contributed by atoms with Crippen LogP contribution in [-0.2, 0) is 11.0 Å². The van der Waals surface area contributed by atoms with Crippen LogP contribution in [0.5, 0.6) is 0 Å². The number of anilines is 3. The van der Waals surface area contributed by atoms with Crippen LogP contribution < -0.4 is 22.3 Å². The van der Waals surface area contributed by atoms with Gasteiger partial charge in [-0.3, -0.25) is 9.78 Å². The van der Waals surface area contributed by atoms with E-state index < -0.39 is 23.2 Å². The fourth-order valence-electron chi connectivity index (χ4n) is 4.50. The Kier molecular flexibility index (Phi) is 5.63. The Morgan fingerprint density at radius 2 is 1.83 bits per heavy atom. The van der Waals surface area contributed by atoms with Crippen LogP contribution >= 0.6 is 0 Å². The first-order valence-electron chi connectivity index (χ1n) is 11.4. The van der Waals surface area contributed by atoms with Crippen molar-refractivity contribution in [1.82, 2.24) is 19.9 Å². The number of rotatable bonds is 4. The van der Waals surface area contributed by atoms with Crippen LogP contribution in [0.3, 0.4) is 0 Å². The molecule has 36 heavy (non-hydrogen) atoms. The highest BCUT2D eigenvalue weighted by Gasteiger charge is 2.50. The molecule has 2 aliphatic rings. The Balaban J connectivity index is 1.46. The SMILES string of the molecule is Nc1cnc2ccc(-c3cnc(N)c(C(F)(F)F)c3)nc2c1N(N)C1CCN(C(=O)C2(O)CC2)CC1. The molecule has 4 heterocycles. The summed E-state index contributed by atoms with van der Waals surface area (Å²) in [6.45, 7) is 0.858. The molecule has 5 rings (SSSR count). The van der Waals surface area contributed by atoms with Gasteiger partial charge in [-0.05, 0) is 43.9 Å². The van der Waals surface area contributed by atoms with Crippen LogP contribution in [0.25, 0.3) is 22.3 Å². The maximum atomic E-state index is 13.3. The molecule has 1 amide bonds. The molecule has 0 spiro atoms. The summed E-state index contributed by atoms with van der Waals surface area (Å²) in [4.78, 5) is 26.6. The molecule has 1 saturated heterocycles. The van der Waals surface area contributed by atoms with Crippen LogP contribution in [0, 0.1) is 0 Å². The zero-order valence-corrected chi connectivity index (χ0v) is 19.2. The molecule has 13 heteroatoms. The summed E-state index contributed by atoms with van der Waals surface area (Å²) in [5.74, 6) is 5.63. The lowest BCUT2D eigenvalue weighted by Crippen LogP contribution is -2.52. The van der Waals surface area contributed by atoms with Crippen LogP contribution in [0.4, 0.5) is 30.4 Å². The van der Waals surface area contributed by atoms with Gasteiger partial charge in [-0.2, -0.15) is 13.2 Å². The second-order valence-corrected chi connectivity index (χ2v) is 9.24. The maximum Gasteiger partial charge on any atom is 0.419 e. The average molecular weight is 503 g/mol. The van der Waals surface area contributed by atoms with Crippen molar-refractivity contribution in [3.8, 4) is 11.3 Å². The van der Waals surface area contributed by atoms with E-state index in [4.69, 9.17) is 17.3 Å². The molecule has 3 aromatic rings. The maximum absolute atomic E-state index is 13.3. The lowest BCUT2D eigenvalue weighted by Gasteiger charge is -2.38. The normalized spacial score (nSPS) is 17.9. The zero-order valence-electron chi connectivity index (χ0n) is 19.2. The summed E-state index contributed by atoms with van der Waals surface area (Å²) in [7, 11) is 0. The van der Waals surface area contributed by atoms with E-state index in [1.165, 1.54) is 23.5 Å². The molecule has 10 nitrogen and oxygen atoms in total. The largest absolute Gasteiger partial charge is 0.419 e. The van der Waals surface area contributed by atoms with E-state index in [1.54, 1.807) is 11.0 Å². The molecular weight excluding hydrogens is 477 g/mol. The second-order valence-electron chi connectivity index (χ2n) is 9.24. The van der Waals surface area contributed by atoms with Crippen molar-refractivity contribution < 1.29 is 23.1 Å². The smallest absolute Gasteiger partial charge is 0.396 e. The number of carbonyl (C=O) groups excluding carboxylic acids is 1. The fourth-order valence-corrected chi connectivity index (χ4v) is 4.50. The molecule has 1 aliphatic carbocycles. The Morgan fingerprint density at radius 1 is 1.14 bits per heavy atom. The van der Waals surface area contributed by atoms with E-state index in [1.807, 2.05) is 0 Å². The number of nitrogens with zero attached hydrogens (tertiary/aromatic N) is 5. The first-order valence-corrected chi connectivity index (χ1v) is 11.4. The van der Waals surface area contributed by atoms with Gasteiger partial charge in [0, 0.05) is 30.9 Å². The monoisotopic (exact) mass is 502 g/mol. The summed E-state index contributed by atoms with van der Waals surface area (Å²) in [6, 6.07) is 3.87. The standard InChI is InChI=1S/C23H25F3N8O2/c24-23(25,26)14-9-12(10-31-20(14)28)16-1-2-17-18(32-16)19(15(27)11-30-17)34(29)13-3-7-33(8-4-13)21(35)22(36)5-6-22/h1-2,9-11,13,36H,3-8,27,29H2,(H2,28,31). The third-order valence-electron chi connectivity index (χ3n) is 6.76. The number of hydrogen-bond acceptors (Lipinski definition) is 9. The Bertz CT molecular complexity index is 1340. The number of piperidine rings is 1. The molecule has 0 radical (unpaired) electrons. The van der Waals surface area contributed by atoms with Crippen molar-refractivity contribution in [2.45, 2.75) is 43.5 Å². The van der Waals surface area contributed by atoms with E-state index in [0.717, 1.165) is 6.07 Å².